The van der Waals surface area contributed by atoms with Crippen molar-refractivity contribution in [3.63, 3.8) is 0 Å². The fourth-order valence-electron chi connectivity index (χ4n) is 2.21. The van der Waals surface area contributed by atoms with Gasteiger partial charge in [0, 0.05) is 6.42 Å². The molecule has 0 heterocycles. The molecule has 0 spiro atoms. The van der Waals surface area contributed by atoms with Crippen LogP contribution in [0.5, 0.6) is 5.75 Å². The van der Waals surface area contributed by atoms with Gasteiger partial charge in [0.2, 0.25) is 5.91 Å². The van der Waals surface area contributed by atoms with E-state index in [1.165, 1.54) is 5.56 Å². The van der Waals surface area contributed by atoms with Crippen LogP contribution in [0.15, 0.2) is 24.3 Å². The van der Waals surface area contributed by atoms with E-state index < -0.39 is 0 Å². The summed E-state index contributed by atoms with van der Waals surface area (Å²) in [6, 6.07) is 8.20. The third kappa shape index (κ3) is 7.26. The van der Waals surface area contributed by atoms with E-state index in [1.807, 2.05) is 12.1 Å². The topological polar surface area (TPSA) is 76.4 Å². The molecule has 0 saturated carbocycles. The van der Waals surface area contributed by atoms with Gasteiger partial charge in [-0.25, -0.2) is 0 Å². The van der Waals surface area contributed by atoms with Gasteiger partial charge in [-0.15, -0.1) is 0 Å². The number of carbonyl (C=O) groups is 1. The van der Waals surface area contributed by atoms with Gasteiger partial charge in [0.25, 0.3) is 0 Å². The number of rotatable bonds is 8. The van der Waals surface area contributed by atoms with Crippen molar-refractivity contribution in [3.8, 4) is 5.75 Å². The quantitative estimate of drug-likeness (QED) is 0.389. The molecule has 1 amide bonds. The Morgan fingerprint density at radius 3 is 2.50 bits per heavy atom. The Bertz CT molecular complexity index is 477. The molecule has 0 aliphatic rings. The predicted molar refractivity (Wildman–Crippen MR) is 92.6 cm³/mol. The zero-order valence-electron chi connectivity index (χ0n) is 13.2. The molecule has 0 aliphatic heterocycles. The Hall–Kier alpha value is -1.82. The van der Waals surface area contributed by atoms with Gasteiger partial charge < -0.3 is 10.5 Å². The van der Waals surface area contributed by atoms with Crippen LogP contribution in [0.1, 0.15) is 50.5 Å². The first kappa shape index (κ1) is 18.2. The number of hydrazine groups is 1. The van der Waals surface area contributed by atoms with E-state index in [0.717, 1.165) is 31.4 Å². The van der Waals surface area contributed by atoms with Crippen molar-refractivity contribution in [1.82, 2.24) is 10.9 Å². The number of ether oxygens (including phenoxy) is 1. The van der Waals surface area contributed by atoms with Gasteiger partial charge in [-0.2, -0.15) is 0 Å². The molecule has 0 radical (unpaired) electrons. The molecular weight excluding hydrogens is 298 g/mol. The molecule has 0 saturated heterocycles. The molecule has 1 rings (SSSR count). The number of amides is 1. The number of nitrogens with one attached hydrogen (secondary N) is 2. The van der Waals surface area contributed by atoms with Crippen LogP contribution in [0.4, 0.5) is 0 Å². The second-order valence-corrected chi connectivity index (χ2v) is 5.75. The highest BCUT2D eigenvalue weighted by atomic mass is 32.1. The predicted octanol–water partition coefficient (Wildman–Crippen LogP) is 2.61. The van der Waals surface area contributed by atoms with E-state index in [9.17, 15) is 4.79 Å². The van der Waals surface area contributed by atoms with E-state index in [0.29, 0.717) is 12.3 Å². The lowest BCUT2D eigenvalue weighted by Gasteiger charge is -2.12. The lowest BCUT2D eigenvalue weighted by Crippen LogP contribution is -2.44. The molecule has 4 N–H and O–H groups in total. The van der Waals surface area contributed by atoms with Crippen molar-refractivity contribution in [3.05, 3.63) is 29.8 Å². The van der Waals surface area contributed by atoms with E-state index in [-0.39, 0.29) is 11.0 Å². The number of nitrogens with two attached hydrogens (primary N) is 1. The molecule has 0 bridgehead atoms. The average molecular weight is 323 g/mol. The summed E-state index contributed by atoms with van der Waals surface area (Å²) in [6.07, 6.45) is 4.58. The van der Waals surface area contributed by atoms with Gasteiger partial charge in [-0.05, 0) is 48.7 Å². The molecule has 0 aromatic heterocycles. The minimum absolute atomic E-state index is 0.0710. The molecule has 1 unspecified atom stereocenters. The number of hydrogen-bond donors (Lipinski definition) is 3. The standard InChI is InChI=1S/C16H25N3O2S/c1-12(13-8-10-14(21-2)11-9-13)6-4-3-5-7-15(20)18-19-16(17)22/h8-12H,3-7H2,1-2H3,(H,18,20)(H3,17,19,22). The van der Waals surface area contributed by atoms with Crippen LogP contribution >= 0.6 is 12.2 Å². The van der Waals surface area contributed by atoms with Crippen LogP contribution in [0.2, 0.25) is 0 Å². The van der Waals surface area contributed by atoms with Crippen molar-refractivity contribution < 1.29 is 9.53 Å². The Kier molecular flexibility index (Phi) is 8.28. The number of benzene rings is 1. The fourth-order valence-corrected chi connectivity index (χ4v) is 2.26. The van der Waals surface area contributed by atoms with Gasteiger partial charge in [0.1, 0.15) is 5.75 Å². The number of methoxy groups -OCH3 is 1. The maximum Gasteiger partial charge on any atom is 0.238 e. The second-order valence-electron chi connectivity index (χ2n) is 5.31. The maximum atomic E-state index is 11.4. The molecule has 5 nitrogen and oxygen atoms in total. The smallest absolute Gasteiger partial charge is 0.238 e. The fraction of sp³-hybridized carbons (Fsp3) is 0.500. The van der Waals surface area contributed by atoms with Gasteiger partial charge in [-0.1, -0.05) is 31.9 Å². The summed E-state index contributed by atoms with van der Waals surface area (Å²) in [4.78, 5) is 11.4. The van der Waals surface area contributed by atoms with Crippen LogP contribution < -0.4 is 21.3 Å². The second kappa shape index (κ2) is 10.00. The monoisotopic (exact) mass is 323 g/mol. The van der Waals surface area contributed by atoms with Crippen molar-refractivity contribution in [2.45, 2.75) is 44.9 Å². The SMILES string of the molecule is COc1ccc(C(C)CCCCCC(=O)NNC(N)=S)cc1. The lowest BCUT2D eigenvalue weighted by atomic mass is 9.95. The summed E-state index contributed by atoms with van der Waals surface area (Å²) in [7, 11) is 1.67. The van der Waals surface area contributed by atoms with E-state index in [2.05, 4.69) is 42.1 Å². The Labute approximate surface area is 137 Å². The maximum absolute atomic E-state index is 11.4. The highest BCUT2D eigenvalue weighted by Crippen LogP contribution is 2.24. The summed E-state index contributed by atoms with van der Waals surface area (Å²) in [5, 5.41) is 0.0710. The first-order valence-corrected chi connectivity index (χ1v) is 7.92. The van der Waals surface area contributed by atoms with Crippen molar-refractivity contribution in [2.75, 3.05) is 7.11 Å². The third-order valence-corrected chi connectivity index (χ3v) is 3.65. The first-order chi connectivity index (χ1) is 10.5. The lowest BCUT2D eigenvalue weighted by molar-refractivity contribution is -0.121. The summed E-state index contributed by atoms with van der Waals surface area (Å²) < 4.78 is 5.16. The summed E-state index contributed by atoms with van der Waals surface area (Å²) >= 11 is 4.60. The summed E-state index contributed by atoms with van der Waals surface area (Å²) in [5.41, 5.74) is 11.4. The van der Waals surface area contributed by atoms with Crippen LogP contribution in [-0.4, -0.2) is 18.1 Å². The molecule has 6 heteroatoms. The molecular formula is C16H25N3O2S. The van der Waals surface area contributed by atoms with Crippen molar-refractivity contribution in [1.29, 1.82) is 0 Å². The minimum Gasteiger partial charge on any atom is -0.497 e. The van der Waals surface area contributed by atoms with Crippen LogP contribution in [0.25, 0.3) is 0 Å². The zero-order valence-corrected chi connectivity index (χ0v) is 14.0. The number of carbonyl (C=O) groups excluding carboxylic acids is 1. The number of hydrogen-bond acceptors (Lipinski definition) is 3. The molecule has 1 atom stereocenters. The van der Waals surface area contributed by atoms with Crippen molar-refractivity contribution in [2.24, 2.45) is 5.73 Å². The van der Waals surface area contributed by atoms with Crippen molar-refractivity contribution >= 4 is 23.2 Å². The number of unbranched alkanes of at least 4 members (excludes halogenated alkanes) is 2. The first-order valence-electron chi connectivity index (χ1n) is 7.51. The Morgan fingerprint density at radius 2 is 1.91 bits per heavy atom. The Balaban J connectivity index is 2.15. The van der Waals surface area contributed by atoms with Gasteiger partial charge >= 0.3 is 0 Å². The average Bonchev–Trinajstić information content (AvgIpc) is 2.52. The highest BCUT2D eigenvalue weighted by molar-refractivity contribution is 7.80. The largest absolute Gasteiger partial charge is 0.497 e. The molecule has 0 aliphatic carbocycles. The molecule has 22 heavy (non-hydrogen) atoms. The minimum atomic E-state index is -0.0870. The summed E-state index contributed by atoms with van der Waals surface area (Å²) in [6.45, 7) is 2.22. The van der Waals surface area contributed by atoms with Gasteiger partial charge in [0.15, 0.2) is 5.11 Å². The van der Waals surface area contributed by atoms with E-state index in [1.54, 1.807) is 7.11 Å². The zero-order chi connectivity index (χ0) is 16.4. The Morgan fingerprint density at radius 1 is 1.23 bits per heavy atom. The molecule has 0 fully saturated rings. The summed E-state index contributed by atoms with van der Waals surface area (Å²) in [5.74, 6) is 1.31. The van der Waals surface area contributed by atoms with Crippen LogP contribution in [0, 0.1) is 0 Å². The van der Waals surface area contributed by atoms with Crippen LogP contribution in [0.3, 0.4) is 0 Å². The van der Waals surface area contributed by atoms with E-state index in [4.69, 9.17) is 10.5 Å². The van der Waals surface area contributed by atoms with Crippen LogP contribution in [-0.2, 0) is 4.79 Å². The molecule has 122 valence electrons. The van der Waals surface area contributed by atoms with E-state index >= 15 is 0 Å². The molecule has 1 aromatic rings. The third-order valence-electron chi connectivity index (χ3n) is 3.55. The normalized spacial score (nSPS) is 11.5. The van der Waals surface area contributed by atoms with Gasteiger partial charge in [-0.3, -0.25) is 15.6 Å². The number of thiocarbonyl (C=S) groups is 1. The highest BCUT2D eigenvalue weighted by Gasteiger charge is 2.06. The molecule has 1 aromatic carbocycles. The van der Waals surface area contributed by atoms with Gasteiger partial charge in [0.05, 0.1) is 7.11 Å².